The van der Waals surface area contributed by atoms with Crippen molar-refractivity contribution in [3.05, 3.63) is 65.6 Å². The first kappa shape index (κ1) is 12.9. The summed E-state index contributed by atoms with van der Waals surface area (Å²) in [7, 11) is 2.09. The third kappa shape index (κ3) is 2.58. The highest BCUT2D eigenvalue weighted by atomic mass is 14.9. The van der Waals surface area contributed by atoms with Gasteiger partial charge in [-0.2, -0.15) is 0 Å². The van der Waals surface area contributed by atoms with Gasteiger partial charge in [-0.05, 0) is 30.2 Å². The summed E-state index contributed by atoms with van der Waals surface area (Å²) >= 11 is 0. The zero-order chi connectivity index (χ0) is 13.9. The summed E-state index contributed by atoms with van der Waals surface area (Å²) in [6.07, 6.45) is 4.14. The number of hydrogen-bond donors (Lipinski definition) is 1. The fourth-order valence-corrected chi connectivity index (χ4v) is 2.51. The SMILES string of the molecule is Cc1ccc(CNCc2cn(C)c3ccccc23)cn1. The lowest BCUT2D eigenvalue weighted by Gasteiger charge is -2.04. The highest BCUT2D eigenvalue weighted by Gasteiger charge is 2.05. The molecule has 0 spiro atoms. The van der Waals surface area contributed by atoms with Crippen molar-refractivity contribution in [1.82, 2.24) is 14.9 Å². The van der Waals surface area contributed by atoms with Gasteiger partial charge in [0.15, 0.2) is 0 Å². The molecule has 3 nitrogen and oxygen atoms in total. The van der Waals surface area contributed by atoms with E-state index in [1.807, 2.05) is 13.1 Å². The molecular weight excluding hydrogens is 246 g/mol. The van der Waals surface area contributed by atoms with Crippen LogP contribution in [0.4, 0.5) is 0 Å². The molecule has 0 radical (unpaired) electrons. The van der Waals surface area contributed by atoms with Crippen molar-refractivity contribution in [2.75, 3.05) is 0 Å². The Kier molecular flexibility index (Phi) is 3.52. The third-order valence-corrected chi connectivity index (χ3v) is 3.60. The molecule has 2 heterocycles. The molecule has 0 unspecified atom stereocenters. The maximum Gasteiger partial charge on any atom is 0.0481 e. The second-order valence-electron chi connectivity index (χ2n) is 5.19. The molecule has 0 fully saturated rings. The highest BCUT2D eigenvalue weighted by molar-refractivity contribution is 5.83. The topological polar surface area (TPSA) is 29.9 Å². The van der Waals surface area contributed by atoms with Crippen molar-refractivity contribution in [1.29, 1.82) is 0 Å². The summed E-state index contributed by atoms with van der Waals surface area (Å²) in [4.78, 5) is 4.31. The van der Waals surface area contributed by atoms with Gasteiger partial charge < -0.3 is 9.88 Å². The van der Waals surface area contributed by atoms with Crippen molar-refractivity contribution >= 4 is 10.9 Å². The lowest BCUT2D eigenvalue weighted by molar-refractivity contribution is 0.692. The van der Waals surface area contributed by atoms with Gasteiger partial charge in [0.2, 0.25) is 0 Å². The number of para-hydroxylation sites is 1. The maximum absolute atomic E-state index is 4.31. The molecule has 1 aromatic carbocycles. The number of nitrogens with zero attached hydrogens (tertiary/aromatic N) is 2. The van der Waals surface area contributed by atoms with E-state index in [1.54, 1.807) is 0 Å². The van der Waals surface area contributed by atoms with E-state index in [0.29, 0.717) is 0 Å². The quantitative estimate of drug-likeness (QED) is 0.785. The number of aryl methyl sites for hydroxylation is 2. The van der Waals surface area contributed by atoms with Crippen molar-refractivity contribution in [2.45, 2.75) is 20.0 Å². The molecule has 0 aliphatic heterocycles. The van der Waals surface area contributed by atoms with Gasteiger partial charge in [-0.15, -0.1) is 0 Å². The monoisotopic (exact) mass is 265 g/mol. The molecule has 0 saturated heterocycles. The molecule has 102 valence electrons. The van der Waals surface area contributed by atoms with Crippen LogP contribution in [0.3, 0.4) is 0 Å². The summed E-state index contributed by atoms with van der Waals surface area (Å²) in [5.74, 6) is 0. The van der Waals surface area contributed by atoms with E-state index in [9.17, 15) is 0 Å². The Morgan fingerprint density at radius 3 is 2.75 bits per heavy atom. The standard InChI is InChI=1S/C17H19N3/c1-13-7-8-14(10-19-13)9-18-11-15-12-20(2)17-6-4-3-5-16(15)17/h3-8,10,12,18H,9,11H2,1-2H3. The van der Waals surface area contributed by atoms with Crippen LogP contribution >= 0.6 is 0 Å². The van der Waals surface area contributed by atoms with Crippen LogP contribution in [0.25, 0.3) is 10.9 Å². The van der Waals surface area contributed by atoms with E-state index in [1.165, 1.54) is 22.0 Å². The molecule has 3 heteroatoms. The van der Waals surface area contributed by atoms with Crippen LogP contribution in [-0.4, -0.2) is 9.55 Å². The van der Waals surface area contributed by atoms with Crippen molar-refractivity contribution in [2.24, 2.45) is 7.05 Å². The Bertz CT molecular complexity index is 711. The first-order valence-corrected chi connectivity index (χ1v) is 6.89. The zero-order valence-corrected chi connectivity index (χ0v) is 11.9. The molecule has 2 aromatic heterocycles. The van der Waals surface area contributed by atoms with E-state index >= 15 is 0 Å². The van der Waals surface area contributed by atoms with Gasteiger partial charge in [-0.1, -0.05) is 24.3 Å². The highest BCUT2D eigenvalue weighted by Crippen LogP contribution is 2.20. The Hall–Kier alpha value is -2.13. The first-order chi connectivity index (χ1) is 9.74. The normalized spacial score (nSPS) is 11.1. The predicted octanol–water partition coefficient (Wildman–Crippen LogP) is 3.17. The number of fused-ring (bicyclic) bond motifs is 1. The average molecular weight is 265 g/mol. The minimum Gasteiger partial charge on any atom is -0.350 e. The molecule has 0 bridgehead atoms. The van der Waals surface area contributed by atoms with Crippen LogP contribution in [0.5, 0.6) is 0 Å². The number of pyridine rings is 1. The lowest BCUT2D eigenvalue weighted by atomic mass is 10.2. The Labute approximate surface area is 119 Å². The van der Waals surface area contributed by atoms with E-state index in [-0.39, 0.29) is 0 Å². The van der Waals surface area contributed by atoms with Gasteiger partial charge in [0.1, 0.15) is 0 Å². The molecule has 0 saturated carbocycles. The number of hydrogen-bond acceptors (Lipinski definition) is 2. The first-order valence-electron chi connectivity index (χ1n) is 6.89. The van der Waals surface area contributed by atoms with Crippen LogP contribution in [0.2, 0.25) is 0 Å². The summed E-state index contributed by atoms with van der Waals surface area (Å²) < 4.78 is 2.18. The molecule has 20 heavy (non-hydrogen) atoms. The molecule has 1 N–H and O–H groups in total. The fraction of sp³-hybridized carbons (Fsp3) is 0.235. The molecule has 0 amide bonds. The molecule has 0 aliphatic rings. The average Bonchev–Trinajstić information content (AvgIpc) is 2.79. The largest absolute Gasteiger partial charge is 0.350 e. The zero-order valence-electron chi connectivity index (χ0n) is 11.9. The van der Waals surface area contributed by atoms with Crippen LogP contribution in [0.1, 0.15) is 16.8 Å². The lowest BCUT2D eigenvalue weighted by Crippen LogP contribution is -2.12. The van der Waals surface area contributed by atoms with E-state index in [4.69, 9.17) is 0 Å². The predicted molar refractivity (Wildman–Crippen MR) is 82.4 cm³/mol. The van der Waals surface area contributed by atoms with Crippen LogP contribution in [0, 0.1) is 6.92 Å². The second kappa shape index (κ2) is 5.47. The van der Waals surface area contributed by atoms with Gasteiger partial charge in [0.05, 0.1) is 0 Å². The fourth-order valence-electron chi connectivity index (χ4n) is 2.51. The van der Waals surface area contributed by atoms with Crippen molar-refractivity contribution in [3.8, 4) is 0 Å². The number of aromatic nitrogens is 2. The smallest absolute Gasteiger partial charge is 0.0481 e. The van der Waals surface area contributed by atoms with Crippen LogP contribution < -0.4 is 5.32 Å². The number of benzene rings is 1. The van der Waals surface area contributed by atoms with Gasteiger partial charge in [-0.25, -0.2) is 0 Å². The minimum absolute atomic E-state index is 0.844. The summed E-state index contributed by atoms with van der Waals surface area (Å²) in [5.41, 5.74) is 4.89. The van der Waals surface area contributed by atoms with Crippen LogP contribution in [-0.2, 0) is 20.1 Å². The van der Waals surface area contributed by atoms with Gasteiger partial charge in [0.25, 0.3) is 0 Å². The Balaban J connectivity index is 1.70. The molecular formula is C17H19N3. The number of rotatable bonds is 4. The Morgan fingerprint density at radius 2 is 1.95 bits per heavy atom. The molecule has 0 aliphatic carbocycles. The van der Waals surface area contributed by atoms with Gasteiger partial charge in [-0.3, -0.25) is 4.98 Å². The number of nitrogens with one attached hydrogen (secondary N) is 1. The van der Waals surface area contributed by atoms with E-state index in [2.05, 4.69) is 64.5 Å². The molecule has 3 rings (SSSR count). The third-order valence-electron chi connectivity index (χ3n) is 3.60. The summed E-state index contributed by atoms with van der Waals surface area (Å²) in [6, 6.07) is 12.7. The van der Waals surface area contributed by atoms with Crippen molar-refractivity contribution < 1.29 is 0 Å². The Morgan fingerprint density at radius 1 is 1.10 bits per heavy atom. The van der Waals surface area contributed by atoms with Gasteiger partial charge in [0, 0.05) is 49.1 Å². The van der Waals surface area contributed by atoms with Gasteiger partial charge >= 0.3 is 0 Å². The van der Waals surface area contributed by atoms with Crippen LogP contribution in [0.15, 0.2) is 48.8 Å². The van der Waals surface area contributed by atoms with E-state index < -0.39 is 0 Å². The minimum atomic E-state index is 0.844. The maximum atomic E-state index is 4.31. The summed E-state index contributed by atoms with van der Waals surface area (Å²) in [6.45, 7) is 3.72. The molecule has 3 aromatic rings. The second-order valence-corrected chi connectivity index (χ2v) is 5.19. The van der Waals surface area contributed by atoms with E-state index in [0.717, 1.165) is 18.8 Å². The summed E-state index contributed by atoms with van der Waals surface area (Å²) in [5, 5.41) is 4.81. The molecule has 0 atom stereocenters. The van der Waals surface area contributed by atoms with Crippen molar-refractivity contribution in [3.63, 3.8) is 0 Å².